The number of aryl methyl sites for hydroxylation is 1. The van der Waals surface area contributed by atoms with Crippen LogP contribution >= 0.6 is 0 Å². The summed E-state index contributed by atoms with van der Waals surface area (Å²) < 4.78 is 6.89. The van der Waals surface area contributed by atoms with Crippen molar-refractivity contribution in [1.29, 1.82) is 0 Å². The van der Waals surface area contributed by atoms with Crippen molar-refractivity contribution >= 4 is 5.97 Å². The molecule has 14 heavy (non-hydrogen) atoms. The molecule has 0 unspecified atom stereocenters. The summed E-state index contributed by atoms with van der Waals surface area (Å²) in [6, 6.07) is 0. The minimum atomic E-state index is -0.961. The van der Waals surface area contributed by atoms with Crippen LogP contribution in [0.4, 0.5) is 0 Å². The second-order valence-corrected chi connectivity index (χ2v) is 2.97. The molecule has 0 aliphatic rings. The summed E-state index contributed by atoms with van der Waals surface area (Å²) in [5.74, 6) is -0.331. The number of carboxylic acids is 1. The van der Waals surface area contributed by atoms with Crippen LogP contribution < -0.4 is 4.74 Å². The van der Waals surface area contributed by atoms with Gasteiger partial charge in [-0.1, -0.05) is 0 Å². The largest absolute Gasteiger partial charge is 0.486 e. The van der Waals surface area contributed by atoms with Gasteiger partial charge in [0.2, 0.25) is 0 Å². The molecule has 0 atom stereocenters. The molecule has 0 radical (unpaired) electrons. The number of carbonyl (C=O) groups is 1. The second-order valence-electron chi connectivity index (χ2n) is 2.97. The molecular formula is C9H12N2O3. The lowest BCUT2D eigenvalue weighted by atomic mass is 10.3. The first kappa shape index (κ1) is 10.3. The number of aliphatic carboxylic acids is 1. The predicted octanol–water partition coefficient (Wildman–Crippen LogP) is 0.830. The molecule has 0 aromatic carbocycles. The zero-order valence-electron chi connectivity index (χ0n) is 8.10. The fourth-order valence-electron chi connectivity index (χ4n) is 0.923. The summed E-state index contributed by atoms with van der Waals surface area (Å²) in [6.45, 7) is 1.96. The monoisotopic (exact) mass is 196 g/mol. The predicted molar refractivity (Wildman–Crippen MR) is 50.1 cm³/mol. The molecule has 1 rings (SSSR count). The molecule has 0 amide bonds. The Labute approximate surface area is 81.6 Å². The van der Waals surface area contributed by atoms with Crippen molar-refractivity contribution in [3.05, 3.63) is 24.0 Å². The highest BCUT2D eigenvalue weighted by Gasteiger charge is 1.98. The Morgan fingerprint density at radius 1 is 1.79 bits per heavy atom. The minimum Gasteiger partial charge on any atom is -0.486 e. The molecule has 1 aromatic heterocycles. The van der Waals surface area contributed by atoms with Gasteiger partial charge in [-0.25, -0.2) is 4.79 Å². The number of nitrogens with zero attached hydrogens (tertiary/aromatic N) is 2. The van der Waals surface area contributed by atoms with Crippen molar-refractivity contribution in [2.24, 2.45) is 7.05 Å². The Kier molecular flexibility index (Phi) is 3.28. The molecule has 0 aliphatic carbocycles. The zero-order valence-corrected chi connectivity index (χ0v) is 8.10. The smallest absolute Gasteiger partial charge is 0.328 e. The number of hydrogen-bond donors (Lipinski definition) is 1. The summed E-state index contributed by atoms with van der Waals surface area (Å²) in [6.07, 6.45) is 4.42. The fraction of sp³-hybridized carbons (Fsp3) is 0.333. The van der Waals surface area contributed by atoms with Gasteiger partial charge in [0, 0.05) is 13.1 Å². The maximum absolute atomic E-state index is 10.3. The third-order valence-electron chi connectivity index (χ3n) is 1.52. The van der Waals surface area contributed by atoms with Gasteiger partial charge in [0.25, 0.3) is 0 Å². The van der Waals surface area contributed by atoms with E-state index in [1.54, 1.807) is 31.0 Å². The average molecular weight is 196 g/mol. The third-order valence-corrected chi connectivity index (χ3v) is 1.52. The molecule has 0 saturated carbocycles. The average Bonchev–Trinajstić information content (AvgIpc) is 2.47. The van der Waals surface area contributed by atoms with Gasteiger partial charge in [-0.2, -0.15) is 5.10 Å². The number of carboxylic acid groups (broad SMARTS) is 1. The van der Waals surface area contributed by atoms with Crippen LogP contribution in [-0.2, 0) is 11.8 Å². The molecule has 76 valence electrons. The van der Waals surface area contributed by atoms with Gasteiger partial charge in [0.15, 0.2) is 5.75 Å². The molecule has 0 bridgehead atoms. The number of rotatable bonds is 4. The van der Waals surface area contributed by atoms with Gasteiger partial charge in [-0.15, -0.1) is 0 Å². The topological polar surface area (TPSA) is 64.3 Å². The van der Waals surface area contributed by atoms with Crippen LogP contribution in [0.15, 0.2) is 24.0 Å². The normalized spacial score (nSPS) is 11.4. The lowest BCUT2D eigenvalue weighted by Gasteiger charge is -2.01. The quantitative estimate of drug-likeness (QED) is 0.724. The Bertz CT molecular complexity index is 355. The summed E-state index contributed by atoms with van der Waals surface area (Å²) in [4.78, 5) is 10.3. The van der Waals surface area contributed by atoms with Gasteiger partial charge in [-0.05, 0) is 12.5 Å². The maximum Gasteiger partial charge on any atom is 0.328 e. The minimum absolute atomic E-state index is 0.262. The van der Waals surface area contributed by atoms with E-state index >= 15 is 0 Å². The zero-order chi connectivity index (χ0) is 10.6. The van der Waals surface area contributed by atoms with Gasteiger partial charge >= 0.3 is 5.97 Å². The Balaban J connectivity index is 2.45. The van der Waals surface area contributed by atoms with Crippen LogP contribution in [0, 0.1) is 0 Å². The first-order valence-corrected chi connectivity index (χ1v) is 4.09. The van der Waals surface area contributed by atoms with Crippen molar-refractivity contribution in [1.82, 2.24) is 9.78 Å². The third kappa shape index (κ3) is 3.30. The Morgan fingerprint density at radius 2 is 2.50 bits per heavy atom. The van der Waals surface area contributed by atoms with E-state index in [0.29, 0.717) is 11.3 Å². The van der Waals surface area contributed by atoms with Crippen molar-refractivity contribution in [2.75, 3.05) is 6.61 Å². The molecule has 0 saturated heterocycles. The summed E-state index contributed by atoms with van der Waals surface area (Å²) in [5, 5.41) is 12.3. The van der Waals surface area contributed by atoms with Crippen LogP contribution in [0.1, 0.15) is 6.92 Å². The van der Waals surface area contributed by atoms with Crippen LogP contribution in [0.3, 0.4) is 0 Å². The molecule has 5 nitrogen and oxygen atoms in total. The van der Waals surface area contributed by atoms with Crippen molar-refractivity contribution < 1.29 is 14.6 Å². The molecule has 1 N–H and O–H groups in total. The molecule has 5 heteroatoms. The van der Waals surface area contributed by atoms with Crippen molar-refractivity contribution in [2.45, 2.75) is 6.92 Å². The summed E-state index contributed by atoms with van der Waals surface area (Å²) in [5.41, 5.74) is 0.654. The molecule has 0 aliphatic heterocycles. The van der Waals surface area contributed by atoms with E-state index in [2.05, 4.69) is 5.10 Å². The first-order valence-electron chi connectivity index (χ1n) is 4.09. The van der Waals surface area contributed by atoms with E-state index in [-0.39, 0.29) is 6.61 Å². The van der Waals surface area contributed by atoms with E-state index in [1.165, 1.54) is 0 Å². The molecule has 0 fully saturated rings. The van der Waals surface area contributed by atoms with Crippen LogP contribution in [0.5, 0.6) is 5.75 Å². The van der Waals surface area contributed by atoms with Crippen molar-refractivity contribution in [3.63, 3.8) is 0 Å². The highest BCUT2D eigenvalue weighted by atomic mass is 16.5. The van der Waals surface area contributed by atoms with Crippen molar-refractivity contribution in [3.8, 4) is 5.75 Å². The lowest BCUT2D eigenvalue weighted by Crippen LogP contribution is -2.00. The first-order chi connectivity index (χ1) is 6.58. The number of aromatic nitrogens is 2. The second kappa shape index (κ2) is 4.45. The SMILES string of the molecule is CC(=CC(=O)O)COc1cnn(C)c1. The number of ether oxygens (including phenoxy) is 1. The van der Waals surface area contributed by atoms with E-state index in [1.807, 2.05) is 0 Å². The molecular weight excluding hydrogens is 184 g/mol. The van der Waals surface area contributed by atoms with Gasteiger partial charge < -0.3 is 9.84 Å². The van der Waals surface area contributed by atoms with Crippen LogP contribution in [-0.4, -0.2) is 27.5 Å². The van der Waals surface area contributed by atoms with Gasteiger partial charge in [0.1, 0.15) is 6.61 Å². The molecule has 1 aromatic rings. The Hall–Kier alpha value is -1.78. The highest BCUT2D eigenvalue weighted by molar-refractivity contribution is 5.80. The van der Waals surface area contributed by atoms with E-state index < -0.39 is 5.97 Å². The van der Waals surface area contributed by atoms with Crippen LogP contribution in [0.2, 0.25) is 0 Å². The van der Waals surface area contributed by atoms with E-state index in [4.69, 9.17) is 9.84 Å². The summed E-state index contributed by atoms with van der Waals surface area (Å²) in [7, 11) is 1.78. The molecule has 1 heterocycles. The summed E-state index contributed by atoms with van der Waals surface area (Å²) >= 11 is 0. The maximum atomic E-state index is 10.3. The standard InChI is InChI=1S/C9H12N2O3/c1-7(3-9(12)13)6-14-8-4-10-11(2)5-8/h3-5H,6H2,1-2H3,(H,12,13). The van der Waals surface area contributed by atoms with Gasteiger partial charge in [-0.3, -0.25) is 4.68 Å². The Morgan fingerprint density at radius 3 is 3.00 bits per heavy atom. The van der Waals surface area contributed by atoms with E-state index in [0.717, 1.165) is 6.08 Å². The fourth-order valence-corrected chi connectivity index (χ4v) is 0.923. The van der Waals surface area contributed by atoms with Crippen LogP contribution in [0.25, 0.3) is 0 Å². The van der Waals surface area contributed by atoms with E-state index in [9.17, 15) is 4.79 Å². The molecule has 0 spiro atoms. The lowest BCUT2D eigenvalue weighted by molar-refractivity contribution is -0.131. The highest BCUT2D eigenvalue weighted by Crippen LogP contribution is 2.08. The number of hydrogen-bond acceptors (Lipinski definition) is 3. The van der Waals surface area contributed by atoms with Gasteiger partial charge in [0.05, 0.1) is 12.4 Å².